The Hall–Kier alpha value is -0.900. The number of hydrogen-bond acceptors (Lipinski definition) is 3. The van der Waals surface area contributed by atoms with Gasteiger partial charge in [0.1, 0.15) is 0 Å². The average Bonchev–Trinajstić information content (AvgIpc) is 2.89. The van der Waals surface area contributed by atoms with Crippen LogP contribution in [0, 0.1) is 0 Å². The predicted molar refractivity (Wildman–Crippen MR) is 79.3 cm³/mol. The number of fused-ring (bicyclic) bond motifs is 1. The second-order valence-corrected chi connectivity index (χ2v) is 5.37. The third kappa shape index (κ3) is 4.30. The van der Waals surface area contributed by atoms with Gasteiger partial charge in [0.05, 0.1) is 6.61 Å². The van der Waals surface area contributed by atoms with Crippen molar-refractivity contribution in [3.05, 3.63) is 34.9 Å². The highest BCUT2D eigenvalue weighted by molar-refractivity contribution is 5.35. The van der Waals surface area contributed by atoms with Crippen molar-refractivity contribution in [3.8, 4) is 0 Å². The van der Waals surface area contributed by atoms with Gasteiger partial charge in [0.25, 0.3) is 0 Å². The maximum Gasteiger partial charge on any atom is 0.0589 e. The highest BCUT2D eigenvalue weighted by Gasteiger charge is 2.12. The Balaban J connectivity index is 1.95. The smallest absolute Gasteiger partial charge is 0.0589 e. The number of methoxy groups -OCH3 is 1. The van der Waals surface area contributed by atoms with Crippen LogP contribution < -0.4 is 5.73 Å². The fourth-order valence-electron chi connectivity index (χ4n) is 2.79. The molecule has 0 atom stereocenters. The molecule has 1 aromatic rings. The average molecular weight is 262 g/mol. The number of nitrogens with two attached hydrogens (primary N) is 1. The predicted octanol–water partition coefficient (Wildman–Crippen LogP) is 1.97. The number of benzene rings is 1. The quantitative estimate of drug-likeness (QED) is 0.778. The Morgan fingerprint density at radius 2 is 2.05 bits per heavy atom. The normalized spacial score (nSPS) is 14.1. The van der Waals surface area contributed by atoms with Gasteiger partial charge in [0.15, 0.2) is 0 Å². The van der Waals surface area contributed by atoms with Gasteiger partial charge in [-0.3, -0.25) is 4.90 Å². The summed E-state index contributed by atoms with van der Waals surface area (Å²) >= 11 is 0. The van der Waals surface area contributed by atoms with E-state index >= 15 is 0 Å². The van der Waals surface area contributed by atoms with E-state index in [2.05, 4.69) is 23.1 Å². The van der Waals surface area contributed by atoms with Crippen molar-refractivity contribution in [2.45, 2.75) is 32.2 Å². The van der Waals surface area contributed by atoms with Crippen LogP contribution in [0.15, 0.2) is 18.2 Å². The molecule has 2 N–H and O–H groups in total. The van der Waals surface area contributed by atoms with E-state index in [1.807, 2.05) is 0 Å². The summed E-state index contributed by atoms with van der Waals surface area (Å²) in [6, 6.07) is 6.99. The second kappa shape index (κ2) is 7.63. The summed E-state index contributed by atoms with van der Waals surface area (Å²) in [5.74, 6) is 0. The molecule has 1 aliphatic carbocycles. The fraction of sp³-hybridized carbons (Fsp3) is 0.625. The van der Waals surface area contributed by atoms with Crippen molar-refractivity contribution in [1.82, 2.24) is 4.90 Å². The van der Waals surface area contributed by atoms with Crippen LogP contribution in [0.4, 0.5) is 0 Å². The van der Waals surface area contributed by atoms with Crippen molar-refractivity contribution in [1.29, 1.82) is 0 Å². The fourth-order valence-corrected chi connectivity index (χ4v) is 2.79. The van der Waals surface area contributed by atoms with Gasteiger partial charge in [-0.25, -0.2) is 0 Å². The van der Waals surface area contributed by atoms with Gasteiger partial charge < -0.3 is 10.5 Å². The SMILES string of the molecule is COCCN(CCCN)Cc1ccc2c(c1)CCC2. The van der Waals surface area contributed by atoms with E-state index in [1.165, 1.54) is 24.8 Å². The van der Waals surface area contributed by atoms with Gasteiger partial charge in [0.2, 0.25) is 0 Å². The van der Waals surface area contributed by atoms with Crippen LogP contribution in [0.1, 0.15) is 29.5 Å². The molecule has 0 saturated carbocycles. The lowest BCUT2D eigenvalue weighted by molar-refractivity contribution is 0.143. The number of nitrogens with zero attached hydrogens (tertiary/aromatic N) is 1. The molecule has 0 saturated heterocycles. The first-order chi connectivity index (χ1) is 9.33. The van der Waals surface area contributed by atoms with Gasteiger partial charge in [0, 0.05) is 20.2 Å². The summed E-state index contributed by atoms with van der Waals surface area (Å²) in [7, 11) is 1.76. The van der Waals surface area contributed by atoms with Gasteiger partial charge in [-0.05, 0) is 55.5 Å². The van der Waals surface area contributed by atoms with E-state index in [1.54, 1.807) is 18.2 Å². The summed E-state index contributed by atoms with van der Waals surface area (Å²) in [6.45, 7) is 4.59. The zero-order valence-corrected chi connectivity index (χ0v) is 12.0. The van der Waals surface area contributed by atoms with E-state index < -0.39 is 0 Å². The molecule has 0 aliphatic heterocycles. The molecule has 1 aromatic carbocycles. The minimum atomic E-state index is 0.758. The molecule has 0 aromatic heterocycles. The van der Waals surface area contributed by atoms with Crippen LogP contribution in [0.3, 0.4) is 0 Å². The molecule has 0 bridgehead atoms. The Labute approximate surface area is 116 Å². The van der Waals surface area contributed by atoms with E-state index in [0.29, 0.717) is 0 Å². The minimum Gasteiger partial charge on any atom is -0.383 e. The maximum atomic E-state index is 5.61. The molecular formula is C16H26N2O. The highest BCUT2D eigenvalue weighted by atomic mass is 16.5. The molecule has 19 heavy (non-hydrogen) atoms. The van der Waals surface area contributed by atoms with Crippen LogP contribution in [0.5, 0.6) is 0 Å². The molecule has 2 rings (SSSR count). The Kier molecular flexibility index (Phi) is 5.83. The Morgan fingerprint density at radius 1 is 1.21 bits per heavy atom. The number of ether oxygens (including phenoxy) is 1. The first-order valence-electron chi connectivity index (χ1n) is 7.35. The summed E-state index contributed by atoms with van der Waals surface area (Å²) in [6.07, 6.45) is 4.88. The van der Waals surface area contributed by atoms with Crippen molar-refractivity contribution in [2.75, 3.05) is 33.4 Å². The molecule has 0 spiro atoms. The lowest BCUT2D eigenvalue weighted by Gasteiger charge is -2.22. The van der Waals surface area contributed by atoms with Crippen molar-refractivity contribution in [3.63, 3.8) is 0 Å². The van der Waals surface area contributed by atoms with Crippen LogP contribution >= 0.6 is 0 Å². The van der Waals surface area contributed by atoms with Gasteiger partial charge in [-0.2, -0.15) is 0 Å². The van der Waals surface area contributed by atoms with Crippen LogP contribution in [0.2, 0.25) is 0 Å². The van der Waals surface area contributed by atoms with Crippen molar-refractivity contribution < 1.29 is 4.74 Å². The van der Waals surface area contributed by atoms with Gasteiger partial charge in [-0.1, -0.05) is 18.2 Å². The number of rotatable bonds is 8. The molecule has 0 unspecified atom stereocenters. The lowest BCUT2D eigenvalue weighted by Crippen LogP contribution is -2.29. The van der Waals surface area contributed by atoms with E-state index in [-0.39, 0.29) is 0 Å². The zero-order chi connectivity index (χ0) is 13.5. The Morgan fingerprint density at radius 3 is 2.84 bits per heavy atom. The van der Waals surface area contributed by atoms with E-state index in [0.717, 1.165) is 39.2 Å². The summed E-state index contributed by atoms with van der Waals surface area (Å²) in [4.78, 5) is 2.44. The van der Waals surface area contributed by atoms with Crippen LogP contribution in [-0.2, 0) is 24.1 Å². The number of aryl methyl sites for hydroxylation is 2. The third-order valence-corrected chi connectivity index (χ3v) is 3.86. The van der Waals surface area contributed by atoms with Gasteiger partial charge in [-0.15, -0.1) is 0 Å². The number of hydrogen-bond donors (Lipinski definition) is 1. The van der Waals surface area contributed by atoms with Gasteiger partial charge >= 0.3 is 0 Å². The van der Waals surface area contributed by atoms with Crippen molar-refractivity contribution >= 4 is 0 Å². The topological polar surface area (TPSA) is 38.5 Å². The molecule has 3 heteroatoms. The maximum absolute atomic E-state index is 5.61. The third-order valence-electron chi connectivity index (χ3n) is 3.86. The van der Waals surface area contributed by atoms with E-state index in [4.69, 9.17) is 10.5 Å². The monoisotopic (exact) mass is 262 g/mol. The molecular weight excluding hydrogens is 236 g/mol. The second-order valence-electron chi connectivity index (χ2n) is 5.37. The molecule has 0 heterocycles. The zero-order valence-electron chi connectivity index (χ0n) is 12.0. The largest absolute Gasteiger partial charge is 0.383 e. The lowest BCUT2D eigenvalue weighted by atomic mass is 10.1. The molecule has 0 amide bonds. The standard InChI is InChI=1S/C16H26N2O/c1-19-11-10-18(9-3-8-17)13-14-6-7-15-4-2-5-16(15)12-14/h6-7,12H,2-5,8-11,13,17H2,1H3. The minimum absolute atomic E-state index is 0.758. The Bertz CT molecular complexity index is 384. The summed E-state index contributed by atoms with van der Waals surface area (Å²) in [5.41, 5.74) is 10.1. The van der Waals surface area contributed by atoms with Crippen molar-refractivity contribution in [2.24, 2.45) is 5.73 Å². The summed E-state index contributed by atoms with van der Waals surface area (Å²) in [5, 5.41) is 0. The van der Waals surface area contributed by atoms with Crippen LogP contribution in [-0.4, -0.2) is 38.3 Å². The van der Waals surface area contributed by atoms with E-state index in [9.17, 15) is 0 Å². The molecule has 1 aliphatic rings. The molecule has 0 fully saturated rings. The molecule has 3 nitrogen and oxygen atoms in total. The van der Waals surface area contributed by atoms with Crippen LogP contribution in [0.25, 0.3) is 0 Å². The first kappa shape index (κ1) is 14.5. The first-order valence-corrected chi connectivity index (χ1v) is 7.35. The summed E-state index contributed by atoms with van der Waals surface area (Å²) < 4.78 is 5.19. The molecule has 0 radical (unpaired) electrons. The molecule has 106 valence electrons. The highest BCUT2D eigenvalue weighted by Crippen LogP contribution is 2.23.